The molecule has 1 aliphatic rings. The maximum atomic E-state index is 14.6. The summed E-state index contributed by atoms with van der Waals surface area (Å²) in [6.07, 6.45) is 8.02. The van der Waals surface area contributed by atoms with Crippen molar-refractivity contribution in [3.63, 3.8) is 0 Å². The summed E-state index contributed by atoms with van der Waals surface area (Å²) >= 11 is 0. The minimum Gasteiger partial charge on any atom is -0.497 e. The molecule has 0 spiro atoms. The normalized spacial score (nSPS) is 18.2. The molecule has 184 valence electrons. The van der Waals surface area contributed by atoms with E-state index in [1.165, 1.54) is 13.2 Å². The minimum atomic E-state index is -0.650. The van der Waals surface area contributed by atoms with Gasteiger partial charge in [-0.15, -0.1) is 0 Å². The fourth-order valence-electron chi connectivity index (χ4n) is 4.67. The van der Waals surface area contributed by atoms with E-state index in [-0.39, 0.29) is 30.1 Å². The van der Waals surface area contributed by atoms with Crippen LogP contribution in [-0.4, -0.2) is 34.0 Å². The number of benzene rings is 2. The fraction of sp³-hybridized carbons (Fsp3) is 0.370. The second-order valence-corrected chi connectivity index (χ2v) is 9.08. The summed E-state index contributed by atoms with van der Waals surface area (Å²) in [6, 6.07) is 14.5. The van der Waals surface area contributed by atoms with Crippen molar-refractivity contribution in [1.29, 1.82) is 0 Å². The molecule has 1 saturated heterocycles. The zero-order chi connectivity index (χ0) is 24.7. The van der Waals surface area contributed by atoms with Crippen molar-refractivity contribution in [3.8, 4) is 5.75 Å². The number of aryl methyl sites for hydroxylation is 1. The van der Waals surface area contributed by atoms with Gasteiger partial charge >= 0.3 is 0 Å². The first-order valence-corrected chi connectivity index (χ1v) is 11.9. The zero-order valence-corrected chi connectivity index (χ0v) is 19.9. The molecule has 0 radical (unpaired) electrons. The third-order valence-electron chi connectivity index (χ3n) is 6.63. The standard InChI is InChI=1S/C27H31FN4O3/c1-35-22-8-7-21(23(28)17-22)18-27(13-10-26(34)31-27)12-9-25(33)30-24(20-5-3-2-4-6-20)11-15-32-16-14-29-19-32/h2-8,14,16-17,19,24H,9-13,15,18H2,1H3,(H,30,33)(H,31,34). The number of amides is 2. The molecule has 0 saturated carbocycles. The molecule has 2 atom stereocenters. The van der Waals surface area contributed by atoms with Crippen molar-refractivity contribution in [3.05, 3.63) is 84.2 Å². The fourth-order valence-corrected chi connectivity index (χ4v) is 4.67. The Hall–Kier alpha value is -3.68. The average Bonchev–Trinajstić information content (AvgIpc) is 3.52. The Morgan fingerprint density at radius 2 is 2.11 bits per heavy atom. The summed E-state index contributed by atoms with van der Waals surface area (Å²) < 4.78 is 21.7. The van der Waals surface area contributed by atoms with Gasteiger partial charge in [0.2, 0.25) is 11.8 Å². The van der Waals surface area contributed by atoms with Crippen LogP contribution in [0.5, 0.6) is 5.75 Å². The molecule has 0 bridgehead atoms. The van der Waals surface area contributed by atoms with E-state index < -0.39 is 5.54 Å². The summed E-state index contributed by atoms with van der Waals surface area (Å²) in [5.41, 5.74) is 0.879. The van der Waals surface area contributed by atoms with Crippen molar-refractivity contribution in [2.75, 3.05) is 7.11 Å². The molecule has 2 N–H and O–H groups in total. The van der Waals surface area contributed by atoms with Crippen LogP contribution >= 0.6 is 0 Å². The lowest BCUT2D eigenvalue weighted by atomic mass is 9.84. The second-order valence-electron chi connectivity index (χ2n) is 9.08. The third kappa shape index (κ3) is 6.47. The van der Waals surface area contributed by atoms with E-state index >= 15 is 0 Å². The third-order valence-corrected chi connectivity index (χ3v) is 6.63. The highest BCUT2D eigenvalue weighted by Gasteiger charge is 2.38. The maximum absolute atomic E-state index is 14.6. The molecule has 0 aliphatic carbocycles. The zero-order valence-electron chi connectivity index (χ0n) is 19.9. The molecule has 2 amide bonds. The highest BCUT2D eigenvalue weighted by atomic mass is 19.1. The van der Waals surface area contributed by atoms with Crippen molar-refractivity contribution in [2.24, 2.45) is 0 Å². The number of rotatable bonds is 11. The van der Waals surface area contributed by atoms with Crippen molar-refractivity contribution >= 4 is 11.8 Å². The Bertz CT molecular complexity index is 1140. The number of imidazole rings is 1. The number of hydrogen-bond acceptors (Lipinski definition) is 4. The molecule has 1 fully saturated rings. The molecular weight excluding hydrogens is 447 g/mol. The van der Waals surface area contributed by atoms with E-state index in [0.29, 0.717) is 43.4 Å². The Morgan fingerprint density at radius 3 is 2.77 bits per heavy atom. The molecule has 8 heteroatoms. The van der Waals surface area contributed by atoms with Crippen LogP contribution in [-0.2, 0) is 22.6 Å². The van der Waals surface area contributed by atoms with Crippen molar-refractivity contribution in [2.45, 2.75) is 56.7 Å². The Labute approximate surface area is 204 Å². The molecule has 35 heavy (non-hydrogen) atoms. The SMILES string of the molecule is COc1ccc(CC2(CCC(=O)NC(CCn3ccnc3)c3ccccc3)CCC(=O)N2)c(F)c1. The number of hydrogen-bond donors (Lipinski definition) is 2. The summed E-state index contributed by atoms with van der Waals surface area (Å²) in [5.74, 6) is -0.0993. The smallest absolute Gasteiger partial charge is 0.220 e. The summed E-state index contributed by atoms with van der Waals surface area (Å²) in [5, 5.41) is 6.19. The van der Waals surface area contributed by atoms with Crippen molar-refractivity contribution in [1.82, 2.24) is 20.2 Å². The van der Waals surface area contributed by atoms with E-state index in [4.69, 9.17) is 4.74 Å². The monoisotopic (exact) mass is 478 g/mol. The van der Waals surface area contributed by atoms with E-state index in [1.807, 2.05) is 41.1 Å². The van der Waals surface area contributed by atoms with Gasteiger partial charge in [-0.2, -0.15) is 0 Å². The number of carbonyl (C=O) groups is 2. The van der Waals surface area contributed by atoms with Crippen LogP contribution in [0, 0.1) is 5.82 Å². The van der Waals surface area contributed by atoms with Crippen molar-refractivity contribution < 1.29 is 18.7 Å². The van der Waals surface area contributed by atoms with Gasteiger partial charge in [-0.3, -0.25) is 9.59 Å². The van der Waals surface area contributed by atoms with Gasteiger partial charge in [0.05, 0.1) is 19.5 Å². The van der Waals surface area contributed by atoms with Gasteiger partial charge in [0, 0.05) is 43.4 Å². The van der Waals surface area contributed by atoms with Crippen LogP contribution in [0.15, 0.2) is 67.3 Å². The molecule has 1 aliphatic heterocycles. The van der Waals surface area contributed by atoms with Crippen LogP contribution in [0.25, 0.3) is 0 Å². The second kappa shape index (κ2) is 11.2. The van der Waals surface area contributed by atoms with Crippen LogP contribution in [0.1, 0.15) is 49.3 Å². The Kier molecular flexibility index (Phi) is 7.80. The average molecular weight is 479 g/mol. The maximum Gasteiger partial charge on any atom is 0.220 e. The van der Waals surface area contributed by atoms with Gasteiger partial charge in [0.15, 0.2) is 0 Å². The highest BCUT2D eigenvalue weighted by molar-refractivity contribution is 5.80. The molecule has 1 aromatic heterocycles. The number of carbonyl (C=O) groups excluding carboxylic acids is 2. The quantitative estimate of drug-likeness (QED) is 0.437. The lowest BCUT2D eigenvalue weighted by Crippen LogP contribution is -2.45. The van der Waals surface area contributed by atoms with E-state index in [2.05, 4.69) is 15.6 Å². The van der Waals surface area contributed by atoms with Gasteiger partial charge in [0.1, 0.15) is 11.6 Å². The lowest BCUT2D eigenvalue weighted by molar-refractivity contribution is -0.123. The highest BCUT2D eigenvalue weighted by Crippen LogP contribution is 2.31. The first kappa shape index (κ1) is 24.4. The van der Waals surface area contributed by atoms with Gasteiger partial charge < -0.3 is 19.9 Å². The predicted octanol–water partition coefficient (Wildman–Crippen LogP) is 3.95. The van der Waals surface area contributed by atoms with Gasteiger partial charge in [-0.05, 0) is 42.9 Å². The molecule has 3 aromatic rings. The van der Waals surface area contributed by atoms with Crippen LogP contribution < -0.4 is 15.4 Å². The van der Waals surface area contributed by atoms with Gasteiger partial charge in [-0.1, -0.05) is 36.4 Å². The van der Waals surface area contributed by atoms with Gasteiger partial charge in [0.25, 0.3) is 0 Å². The van der Waals surface area contributed by atoms with Gasteiger partial charge in [-0.25, -0.2) is 9.37 Å². The Balaban J connectivity index is 1.42. The largest absolute Gasteiger partial charge is 0.497 e. The first-order chi connectivity index (χ1) is 17.0. The van der Waals surface area contributed by atoms with Crippen LogP contribution in [0.4, 0.5) is 4.39 Å². The van der Waals surface area contributed by atoms with E-state index in [0.717, 1.165) is 12.1 Å². The number of methoxy groups -OCH3 is 1. The number of aromatic nitrogens is 2. The number of halogens is 1. The van der Waals surface area contributed by atoms with Crippen LogP contribution in [0.3, 0.4) is 0 Å². The predicted molar refractivity (Wildman–Crippen MR) is 130 cm³/mol. The molecule has 2 unspecified atom stereocenters. The summed E-state index contributed by atoms with van der Waals surface area (Å²) in [6.45, 7) is 0.719. The Morgan fingerprint density at radius 1 is 1.29 bits per heavy atom. The molecule has 7 nitrogen and oxygen atoms in total. The molecule has 4 rings (SSSR count). The van der Waals surface area contributed by atoms with E-state index in [1.54, 1.807) is 24.7 Å². The first-order valence-electron chi connectivity index (χ1n) is 11.9. The molecular formula is C27H31FN4O3. The molecule has 2 aromatic carbocycles. The lowest BCUT2D eigenvalue weighted by Gasteiger charge is -2.30. The summed E-state index contributed by atoms with van der Waals surface area (Å²) in [7, 11) is 1.49. The number of nitrogens with one attached hydrogen (secondary N) is 2. The molecule has 2 heterocycles. The topological polar surface area (TPSA) is 85.2 Å². The van der Waals surface area contributed by atoms with E-state index in [9.17, 15) is 14.0 Å². The summed E-state index contributed by atoms with van der Waals surface area (Å²) in [4.78, 5) is 29.2. The number of nitrogens with zero attached hydrogens (tertiary/aromatic N) is 2. The minimum absolute atomic E-state index is 0.0678. The number of ether oxygens (including phenoxy) is 1. The van der Waals surface area contributed by atoms with Crippen LogP contribution in [0.2, 0.25) is 0 Å².